The first-order valence-electron chi connectivity index (χ1n) is 9.72. The van der Waals surface area contributed by atoms with Crippen LogP contribution in [0.15, 0.2) is 54.6 Å². The van der Waals surface area contributed by atoms with Crippen LogP contribution >= 0.6 is 11.6 Å². The van der Waals surface area contributed by atoms with Crippen molar-refractivity contribution in [3.05, 3.63) is 54.6 Å². The quantitative estimate of drug-likeness (QED) is 0.719. The van der Waals surface area contributed by atoms with Gasteiger partial charge in [-0.3, -0.25) is 4.79 Å². The van der Waals surface area contributed by atoms with E-state index in [1.54, 1.807) is 0 Å². The summed E-state index contributed by atoms with van der Waals surface area (Å²) >= 11 is 5.86. The van der Waals surface area contributed by atoms with Gasteiger partial charge in [-0.25, -0.2) is 4.79 Å². The Kier molecular flexibility index (Phi) is 6.64. The number of carbonyl (C=O) groups is 2. The molecule has 2 aromatic carbocycles. The number of nitrogens with one attached hydrogen (secondary N) is 2. The second-order valence-corrected chi connectivity index (χ2v) is 8.06. The summed E-state index contributed by atoms with van der Waals surface area (Å²) in [5, 5.41) is 5.83. The average Bonchev–Trinajstić information content (AvgIpc) is 2.75. The molecule has 2 aromatic rings. The number of nitrogens with zero attached hydrogens (tertiary/aromatic N) is 2. The average molecular weight is 415 g/mol. The summed E-state index contributed by atoms with van der Waals surface area (Å²) in [6.45, 7) is 6.46. The number of halogens is 1. The van der Waals surface area contributed by atoms with Crippen LogP contribution in [0.25, 0.3) is 0 Å². The predicted octanol–water partition coefficient (Wildman–Crippen LogP) is 4.24. The largest absolute Gasteiger partial charge is 0.368 e. The molecule has 0 spiro atoms. The molecular formula is C22H27ClN4O2. The smallest absolute Gasteiger partial charge is 0.321 e. The number of para-hydroxylation sites is 1. The summed E-state index contributed by atoms with van der Waals surface area (Å²) < 4.78 is 0. The first-order chi connectivity index (χ1) is 13.9. The van der Waals surface area contributed by atoms with Gasteiger partial charge in [0.25, 0.3) is 0 Å². The maximum Gasteiger partial charge on any atom is 0.321 e. The van der Waals surface area contributed by atoms with Crippen molar-refractivity contribution in [1.82, 2.24) is 4.90 Å². The van der Waals surface area contributed by atoms with Gasteiger partial charge < -0.3 is 20.4 Å². The number of urea groups is 1. The second-order valence-electron chi connectivity index (χ2n) is 7.79. The molecule has 1 saturated heterocycles. The van der Waals surface area contributed by atoms with Crippen molar-refractivity contribution in [3.63, 3.8) is 0 Å². The molecule has 1 heterocycles. The molecule has 0 saturated carbocycles. The maximum absolute atomic E-state index is 12.4. The van der Waals surface area contributed by atoms with E-state index >= 15 is 0 Å². The summed E-state index contributed by atoms with van der Waals surface area (Å²) in [7, 11) is 0. The highest BCUT2D eigenvalue weighted by Crippen LogP contribution is 2.23. The highest BCUT2D eigenvalue weighted by Gasteiger charge is 2.26. The van der Waals surface area contributed by atoms with Crippen LogP contribution in [0.3, 0.4) is 0 Å². The lowest BCUT2D eigenvalue weighted by atomic mass is 9.95. The Morgan fingerprint density at radius 3 is 2.07 bits per heavy atom. The molecule has 2 N–H and O–H groups in total. The third kappa shape index (κ3) is 5.41. The number of hydrogen-bond donors (Lipinski definition) is 2. The Hall–Kier alpha value is -2.73. The van der Waals surface area contributed by atoms with Gasteiger partial charge in [-0.15, -0.1) is 11.6 Å². The zero-order valence-electron chi connectivity index (χ0n) is 16.8. The van der Waals surface area contributed by atoms with Gasteiger partial charge in [-0.2, -0.15) is 0 Å². The third-order valence-corrected chi connectivity index (χ3v) is 5.70. The van der Waals surface area contributed by atoms with Crippen LogP contribution in [-0.2, 0) is 4.79 Å². The van der Waals surface area contributed by atoms with Crippen LogP contribution in [0.5, 0.6) is 0 Å². The van der Waals surface area contributed by atoms with Gasteiger partial charge in [-0.05, 0) is 50.2 Å². The van der Waals surface area contributed by atoms with E-state index in [0.29, 0.717) is 13.1 Å². The van der Waals surface area contributed by atoms with Crippen LogP contribution in [0.2, 0.25) is 0 Å². The number of anilines is 3. The van der Waals surface area contributed by atoms with E-state index in [2.05, 4.69) is 15.5 Å². The molecule has 6 nitrogen and oxygen atoms in total. The number of carbonyl (C=O) groups excluding carboxylic acids is 2. The van der Waals surface area contributed by atoms with E-state index < -0.39 is 5.41 Å². The van der Waals surface area contributed by atoms with Gasteiger partial charge >= 0.3 is 6.03 Å². The van der Waals surface area contributed by atoms with Gasteiger partial charge in [0.1, 0.15) is 0 Å². The fourth-order valence-electron chi connectivity index (χ4n) is 3.01. The molecule has 3 amide bonds. The van der Waals surface area contributed by atoms with Crippen molar-refractivity contribution in [3.8, 4) is 0 Å². The van der Waals surface area contributed by atoms with Gasteiger partial charge in [0.2, 0.25) is 5.91 Å². The minimum Gasteiger partial charge on any atom is -0.368 e. The first-order valence-corrected chi connectivity index (χ1v) is 10.3. The summed E-state index contributed by atoms with van der Waals surface area (Å²) in [5.41, 5.74) is 2.01. The Bertz CT molecular complexity index is 832. The Morgan fingerprint density at radius 2 is 1.48 bits per heavy atom. The number of piperazine rings is 1. The Labute approximate surface area is 176 Å². The number of hydrogen-bond acceptors (Lipinski definition) is 3. The van der Waals surface area contributed by atoms with Crippen molar-refractivity contribution in [2.24, 2.45) is 5.41 Å². The maximum atomic E-state index is 12.4. The lowest BCUT2D eigenvalue weighted by molar-refractivity contribution is -0.122. The third-order valence-electron chi connectivity index (χ3n) is 5.03. The number of rotatable bonds is 5. The zero-order valence-corrected chi connectivity index (χ0v) is 17.6. The summed E-state index contributed by atoms with van der Waals surface area (Å²) in [6.07, 6.45) is 0. The minimum atomic E-state index is -0.614. The highest BCUT2D eigenvalue weighted by atomic mass is 35.5. The summed E-state index contributed by atoms with van der Waals surface area (Å²) in [6, 6.07) is 17.2. The fraction of sp³-hybridized carbons (Fsp3) is 0.364. The normalized spacial score (nSPS) is 14.4. The molecule has 154 valence electrons. The molecule has 0 aliphatic carbocycles. The SMILES string of the molecule is CC(C)(CCl)C(=O)Nc1ccc(N2CCN(C(=O)Nc3ccccc3)CC2)cc1. The monoisotopic (exact) mass is 414 g/mol. The lowest BCUT2D eigenvalue weighted by Gasteiger charge is -2.36. The first kappa shape index (κ1) is 21.0. The number of alkyl halides is 1. The Morgan fingerprint density at radius 1 is 0.897 bits per heavy atom. The molecule has 0 bridgehead atoms. The van der Waals surface area contributed by atoms with Crippen LogP contribution in [0, 0.1) is 5.41 Å². The fourth-order valence-corrected chi connectivity index (χ4v) is 3.13. The predicted molar refractivity (Wildman–Crippen MR) is 119 cm³/mol. The van der Waals surface area contributed by atoms with E-state index in [9.17, 15) is 9.59 Å². The van der Waals surface area contributed by atoms with Gasteiger partial charge in [-0.1, -0.05) is 18.2 Å². The molecular weight excluding hydrogens is 388 g/mol. The number of benzene rings is 2. The summed E-state index contributed by atoms with van der Waals surface area (Å²) in [4.78, 5) is 28.7. The molecule has 29 heavy (non-hydrogen) atoms. The Balaban J connectivity index is 1.52. The van der Waals surface area contributed by atoms with Gasteiger partial charge in [0, 0.05) is 49.1 Å². The van der Waals surface area contributed by atoms with Gasteiger partial charge in [0.05, 0.1) is 5.41 Å². The van der Waals surface area contributed by atoms with Crippen LogP contribution in [0.1, 0.15) is 13.8 Å². The topological polar surface area (TPSA) is 64.7 Å². The zero-order chi connectivity index (χ0) is 20.9. The molecule has 1 aliphatic heterocycles. The number of amides is 3. The molecule has 0 aromatic heterocycles. The van der Waals surface area contributed by atoms with Crippen LogP contribution in [-0.4, -0.2) is 48.9 Å². The minimum absolute atomic E-state index is 0.0733. The van der Waals surface area contributed by atoms with Gasteiger partial charge in [0.15, 0.2) is 0 Å². The van der Waals surface area contributed by atoms with E-state index in [1.165, 1.54) is 0 Å². The lowest BCUT2D eigenvalue weighted by Crippen LogP contribution is -2.50. The van der Waals surface area contributed by atoms with Crippen molar-refractivity contribution in [2.45, 2.75) is 13.8 Å². The molecule has 1 fully saturated rings. The molecule has 1 aliphatic rings. The molecule has 3 rings (SSSR count). The molecule has 0 unspecified atom stereocenters. The van der Waals surface area contributed by atoms with Crippen molar-refractivity contribution in [2.75, 3.05) is 47.6 Å². The van der Waals surface area contributed by atoms with E-state index in [-0.39, 0.29) is 17.8 Å². The van der Waals surface area contributed by atoms with E-state index in [0.717, 1.165) is 30.2 Å². The van der Waals surface area contributed by atoms with E-state index in [4.69, 9.17) is 11.6 Å². The van der Waals surface area contributed by atoms with E-state index in [1.807, 2.05) is 73.3 Å². The van der Waals surface area contributed by atoms with Crippen molar-refractivity contribution >= 4 is 40.6 Å². The molecule has 0 atom stereocenters. The summed E-state index contributed by atoms with van der Waals surface area (Å²) in [5.74, 6) is 0.164. The van der Waals surface area contributed by atoms with Crippen molar-refractivity contribution < 1.29 is 9.59 Å². The standard InChI is InChI=1S/C22H27ClN4O2/c1-22(2,16-23)20(28)24-18-8-10-19(11-9-18)26-12-14-27(15-13-26)21(29)25-17-6-4-3-5-7-17/h3-11H,12-16H2,1-2H3,(H,24,28)(H,25,29). The molecule has 0 radical (unpaired) electrons. The van der Waals surface area contributed by atoms with Crippen molar-refractivity contribution in [1.29, 1.82) is 0 Å². The highest BCUT2D eigenvalue weighted by molar-refractivity contribution is 6.20. The van der Waals surface area contributed by atoms with Crippen LogP contribution < -0.4 is 15.5 Å². The molecule has 7 heteroatoms. The van der Waals surface area contributed by atoms with Crippen LogP contribution in [0.4, 0.5) is 21.9 Å². The second kappa shape index (κ2) is 9.18.